The lowest BCUT2D eigenvalue weighted by Crippen LogP contribution is -2.34. The highest BCUT2D eigenvalue weighted by Gasteiger charge is 2.33. The maximum atomic E-state index is 13.2. The van der Waals surface area contributed by atoms with E-state index < -0.39 is 0 Å². The number of nitrogens with one attached hydrogen (secondary N) is 1. The van der Waals surface area contributed by atoms with E-state index in [9.17, 15) is 4.79 Å². The topological polar surface area (TPSA) is 67.3 Å². The van der Waals surface area contributed by atoms with Gasteiger partial charge in [0, 0.05) is 48.1 Å². The van der Waals surface area contributed by atoms with Gasteiger partial charge in [-0.2, -0.15) is 0 Å². The summed E-state index contributed by atoms with van der Waals surface area (Å²) in [6, 6.07) is 7.70. The molecule has 0 spiro atoms. The third-order valence-corrected chi connectivity index (χ3v) is 5.23. The van der Waals surface area contributed by atoms with Gasteiger partial charge in [0.25, 0.3) is 0 Å². The fraction of sp³-hybridized carbons (Fsp3) is 0.348. The number of anilines is 1. The van der Waals surface area contributed by atoms with Gasteiger partial charge in [-0.05, 0) is 43.3 Å². The summed E-state index contributed by atoms with van der Waals surface area (Å²) in [7, 11) is 5.77. The standard InChI is InChI=1S/C23H26N4O2/c1-23(2,13-27(3)4)12-25-22-20-19(15-8-9-24-11-17(15)21(20)28)16-7-6-14(29-5)10-18(16)26-22/h6-11H,12-13H2,1-5H3,(H,25,26). The van der Waals surface area contributed by atoms with Gasteiger partial charge in [0.1, 0.15) is 11.6 Å². The van der Waals surface area contributed by atoms with E-state index in [1.54, 1.807) is 19.5 Å². The Bertz CT molecular complexity index is 1110. The van der Waals surface area contributed by atoms with Crippen molar-refractivity contribution in [1.82, 2.24) is 14.9 Å². The van der Waals surface area contributed by atoms with Crippen LogP contribution in [0, 0.1) is 5.41 Å². The zero-order valence-electron chi connectivity index (χ0n) is 17.5. The maximum absolute atomic E-state index is 13.2. The van der Waals surface area contributed by atoms with E-state index in [1.165, 1.54) is 0 Å². The van der Waals surface area contributed by atoms with E-state index in [0.717, 1.165) is 34.3 Å². The molecule has 0 radical (unpaired) electrons. The average Bonchev–Trinajstić information content (AvgIpc) is 2.98. The average molecular weight is 390 g/mol. The second-order valence-corrected chi connectivity index (χ2v) is 8.60. The van der Waals surface area contributed by atoms with Crippen LogP contribution in [-0.4, -0.2) is 54.9 Å². The van der Waals surface area contributed by atoms with Crippen molar-refractivity contribution in [3.05, 3.63) is 47.8 Å². The summed E-state index contributed by atoms with van der Waals surface area (Å²) in [5.74, 6) is 1.33. The van der Waals surface area contributed by atoms with Gasteiger partial charge in [0.05, 0.1) is 18.2 Å². The summed E-state index contributed by atoms with van der Waals surface area (Å²) >= 11 is 0. The SMILES string of the molecule is COc1ccc2c3c(c(NCC(C)(C)CN(C)C)nc2c1)C(=O)c1cnccc1-3. The van der Waals surface area contributed by atoms with Crippen molar-refractivity contribution in [3.63, 3.8) is 0 Å². The number of hydrogen-bond donors (Lipinski definition) is 1. The van der Waals surface area contributed by atoms with E-state index in [4.69, 9.17) is 9.72 Å². The highest BCUT2D eigenvalue weighted by atomic mass is 16.5. The molecule has 0 aliphatic heterocycles. The van der Waals surface area contributed by atoms with Crippen LogP contribution >= 0.6 is 0 Å². The van der Waals surface area contributed by atoms with Crippen LogP contribution in [0.4, 0.5) is 5.82 Å². The summed E-state index contributed by atoms with van der Waals surface area (Å²) in [6.07, 6.45) is 3.37. The van der Waals surface area contributed by atoms with Crippen LogP contribution in [0.2, 0.25) is 0 Å². The molecule has 29 heavy (non-hydrogen) atoms. The van der Waals surface area contributed by atoms with Crippen molar-refractivity contribution in [1.29, 1.82) is 0 Å². The van der Waals surface area contributed by atoms with Crippen molar-refractivity contribution in [2.24, 2.45) is 5.41 Å². The Balaban J connectivity index is 1.86. The van der Waals surface area contributed by atoms with Crippen molar-refractivity contribution in [2.75, 3.05) is 39.6 Å². The highest BCUT2D eigenvalue weighted by Crippen LogP contribution is 2.44. The summed E-state index contributed by atoms with van der Waals surface area (Å²) in [4.78, 5) is 24.4. The Hall–Kier alpha value is -2.99. The van der Waals surface area contributed by atoms with Gasteiger partial charge < -0.3 is 15.0 Å². The summed E-state index contributed by atoms with van der Waals surface area (Å²) < 4.78 is 5.39. The molecule has 1 aliphatic rings. The predicted molar refractivity (Wildman–Crippen MR) is 116 cm³/mol. The summed E-state index contributed by atoms with van der Waals surface area (Å²) in [5, 5.41) is 4.41. The molecule has 1 N–H and O–H groups in total. The molecule has 2 aromatic heterocycles. The van der Waals surface area contributed by atoms with Gasteiger partial charge in [0.2, 0.25) is 0 Å². The molecule has 2 heterocycles. The van der Waals surface area contributed by atoms with E-state index in [2.05, 4.69) is 43.1 Å². The second kappa shape index (κ2) is 7.12. The van der Waals surface area contributed by atoms with E-state index in [-0.39, 0.29) is 11.2 Å². The first-order chi connectivity index (χ1) is 13.8. The summed E-state index contributed by atoms with van der Waals surface area (Å²) in [6.45, 7) is 6.01. The van der Waals surface area contributed by atoms with Crippen LogP contribution in [0.15, 0.2) is 36.7 Å². The third-order valence-electron chi connectivity index (χ3n) is 5.23. The van der Waals surface area contributed by atoms with Gasteiger partial charge in [-0.3, -0.25) is 9.78 Å². The van der Waals surface area contributed by atoms with E-state index in [1.807, 2.05) is 24.3 Å². The largest absolute Gasteiger partial charge is 0.497 e. The number of ketones is 1. The Morgan fingerprint density at radius 1 is 1.14 bits per heavy atom. The molecular formula is C23H26N4O2. The Labute approximate surface area is 170 Å². The molecule has 6 heteroatoms. The normalized spacial score (nSPS) is 13.0. The molecule has 6 nitrogen and oxygen atoms in total. The van der Waals surface area contributed by atoms with Crippen LogP contribution in [-0.2, 0) is 0 Å². The third kappa shape index (κ3) is 3.44. The monoisotopic (exact) mass is 390 g/mol. The fourth-order valence-electron chi connectivity index (χ4n) is 4.16. The lowest BCUT2D eigenvalue weighted by atomic mass is 9.92. The molecule has 1 aliphatic carbocycles. The van der Waals surface area contributed by atoms with Crippen molar-refractivity contribution in [3.8, 4) is 16.9 Å². The molecule has 0 saturated carbocycles. The van der Waals surface area contributed by atoms with Gasteiger partial charge in [0.15, 0.2) is 5.78 Å². The number of fused-ring (bicyclic) bond motifs is 5. The number of benzene rings is 1. The first-order valence-electron chi connectivity index (χ1n) is 9.70. The predicted octanol–water partition coefficient (Wildman–Crippen LogP) is 3.85. The molecule has 0 atom stereocenters. The molecule has 0 unspecified atom stereocenters. The number of ether oxygens (including phenoxy) is 1. The molecule has 0 fully saturated rings. The second-order valence-electron chi connectivity index (χ2n) is 8.60. The van der Waals surface area contributed by atoms with Gasteiger partial charge in [-0.1, -0.05) is 13.8 Å². The van der Waals surface area contributed by atoms with E-state index in [0.29, 0.717) is 23.5 Å². The molecular weight excluding hydrogens is 364 g/mol. The first-order valence-corrected chi connectivity index (χ1v) is 9.70. The number of nitrogens with zero attached hydrogens (tertiary/aromatic N) is 3. The summed E-state index contributed by atoms with van der Waals surface area (Å²) in [5.41, 5.74) is 3.90. The molecule has 0 amide bonds. The Kier molecular flexibility index (Phi) is 4.74. The van der Waals surface area contributed by atoms with Gasteiger partial charge >= 0.3 is 0 Å². The number of aromatic nitrogens is 2. The fourth-order valence-corrected chi connectivity index (χ4v) is 4.16. The number of methoxy groups -OCH3 is 1. The Morgan fingerprint density at radius 2 is 1.93 bits per heavy atom. The molecule has 0 bridgehead atoms. The van der Waals surface area contributed by atoms with Crippen molar-refractivity contribution < 1.29 is 9.53 Å². The quantitative estimate of drug-likeness (QED) is 0.539. The number of carbonyl (C=O) groups excluding carboxylic acids is 1. The minimum Gasteiger partial charge on any atom is -0.497 e. The van der Waals surface area contributed by atoms with Crippen molar-refractivity contribution >= 4 is 22.5 Å². The van der Waals surface area contributed by atoms with Crippen molar-refractivity contribution in [2.45, 2.75) is 13.8 Å². The molecule has 4 rings (SSSR count). The highest BCUT2D eigenvalue weighted by molar-refractivity contribution is 6.27. The number of carbonyl (C=O) groups is 1. The molecule has 1 aromatic carbocycles. The number of rotatable bonds is 6. The lowest BCUT2D eigenvalue weighted by Gasteiger charge is -2.29. The molecule has 0 saturated heterocycles. The molecule has 3 aromatic rings. The van der Waals surface area contributed by atoms with Crippen LogP contribution in [0.3, 0.4) is 0 Å². The van der Waals surface area contributed by atoms with Crippen LogP contribution < -0.4 is 10.1 Å². The smallest absolute Gasteiger partial charge is 0.199 e. The minimum atomic E-state index is -0.0266. The zero-order valence-corrected chi connectivity index (χ0v) is 17.5. The first kappa shape index (κ1) is 19.3. The van der Waals surface area contributed by atoms with Gasteiger partial charge in [-0.25, -0.2) is 4.98 Å². The number of pyridine rings is 2. The van der Waals surface area contributed by atoms with Crippen LogP contribution in [0.25, 0.3) is 22.0 Å². The van der Waals surface area contributed by atoms with Crippen LogP contribution in [0.1, 0.15) is 29.8 Å². The maximum Gasteiger partial charge on any atom is 0.199 e. The van der Waals surface area contributed by atoms with E-state index >= 15 is 0 Å². The Morgan fingerprint density at radius 3 is 2.66 bits per heavy atom. The minimum absolute atomic E-state index is 0.0114. The van der Waals surface area contributed by atoms with Crippen LogP contribution in [0.5, 0.6) is 5.75 Å². The molecule has 150 valence electrons. The van der Waals surface area contributed by atoms with Gasteiger partial charge in [-0.15, -0.1) is 0 Å². The zero-order chi connectivity index (χ0) is 20.8. The lowest BCUT2D eigenvalue weighted by molar-refractivity contribution is 0.104. The number of hydrogen-bond acceptors (Lipinski definition) is 6.